The number of carbonyl (C=O) groups is 1. The number of nitrogens with zero attached hydrogens (tertiary/aromatic N) is 1. The van der Waals surface area contributed by atoms with E-state index in [1.54, 1.807) is 0 Å². The quantitative estimate of drug-likeness (QED) is 0.815. The summed E-state index contributed by atoms with van der Waals surface area (Å²) >= 11 is 0. The standard InChI is InChI=1S/C14H20BNO4/c1-14(2,3)16(13(17)18)7-6-10-4-5-11-9-20-15(19)12(11)8-10/h4-5,8,19H,6-7,9H2,1-3H3,(H,17,18). The van der Waals surface area contributed by atoms with Crippen LogP contribution >= 0.6 is 0 Å². The molecule has 6 heteroatoms. The number of benzene rings is 1. The Morgan fingerprint density at radius 1 is 1.45 bits per heavy atom. The van der Waals surface area contributed by atoms with Gasteiger partial charge in [0.1, 0.15) is 0 Å². The molecule has 2 rings (SSSR count). The fourth-order valence-electron chi connectivity index (χ4n) is 2.38. The minimum absolute atomic E-state index is 0.425. The maximum Gasteiger partial charge on any atom is 0.491 e. The van der Waals surface area contributed by atoms with E-state index in [1.807, 2.05) is 39.0 Å². The first-order valence-corrected chi connectivity index (χ1v) is 6.71. The Hall–Kier alpha value is -1.53. The van der Waals surface area contributed by atoms with Crippen LogP contribution in [0.4, 0.5) is 4.79 Å². The first kappa shape index (κ1) is 14.9. The van der Waals surface area contributed by atoms with Gasteiger partial charge in [-0.05, 0) is 43.8 Å². The van der Waals surface area contributed by atoms with E-state index in [4.69, 9.17) is 4.65 Å². The number of rotatable bonds is 3. The summed E-state index contributed by atoms with van der Waals surface area (Å²) < 4.78 is 5.15. The van der Waals surface area contributed by atoms with Crippen LogP contribution in [0.1, 0.15) is 31.9 Å². The zero-order valence-electron chi connectivity index (χ0n) is 12.1. The number of amides is 1. The Morgan fingerprint density at radius 3 is 2.75 bits per heavy atom. The minimum atomic E-state index is -0.915. The van der Waals surface area contributed by atoms with Gasteiger partial charge in [-0.25, -0.2) is 4.79 Å². The van der Waals surface area contributed by atoms with E-state index in [9.17, 15) is 14.9 Å². The van der Waals surface area contributed by atoms with Gasteiger partial charge in [0.15, 0.2) is 0 Å². The van der Waals surface area contributed by atoms with Gasteiger partial charge >= 0.3 is 13.2 Å². The second-order valence-corrected chi connectivity index (χ2v) is 6.05. The van der Waals surface area contributed by atoms with Crippen LogP contribution in [0, 0.1) is 0 Å². The third kappa shape index (κ3) is 3.14. The monoisotopic (exact) mass is 277 g/mol. The van der Waals surface area contributed by atoms with E-state index in [1.165, 1.54) is 4.90 Å². The smallest absolute Gasteiger partial charge is 0.465 e. The molecule has 1 heterocycles. The summed E-state index contributed by atoms with van der Waals surface area (Å²) in [4.78, 5) is 12.7. The third-order valence-electron chi connectivity index (χ3n) is 3.54. The van der Waals surface area contributed by atoms with Crippen LogP contribution in [-0.2, 0) is 17.7 Å². The van der Waals surface area contributed by atoms with Gasteiger partial charge in [-0.2, -0.15) is 0 Å². The van der Waals surface area contributed by atoms with Gasteiger partial charge < -0.3 is 19.7 Å². The summed E-state index contributed by atoms with van der Waals surface area (Å²) in [7, 11) is -0.858. The summed E-state index contributed by atoms with van der Waals surface area (Å²) in [6.45, 7) is 6.48. The van der Waals surface area contributed by atoms with E-state index in [2.05, 4.69) is 0 Å². The molecular weight excluding hydrogens is 257 g/mol. The lowest BCUT2D eigenvalue weighted by molar-refractivity contribution is 0.101. The molecule has 20 heavy (non-hydrogen) atoms. The van der Waals surface area contributed by atoms with Crippen LogP contribution in [0.5, 0.6) is 0 Å². The van der Waals surface area contributed by atoms with E-state index >= 15 is 0 Å². The molecule has 0 bridgehead atoms. The molecule has 1 aromatic carbocycles. The summed E-state index contributed by atoms with van der Waals surface area (Å²) in [6, 6.07) is 5.79. The zero-order valence-corrected chi connectivity index (χ0v) is 12.1. The van der Waals surface area contributed by atoms with Gasteiger partial charge in [-0.1, -0.05) is 18.2 Å². The molecule has 2 N–H and O–H groups in total. The van der Waals surface area contributed by atoms with Crippen molar-refractivity contribution in [2.45, 2.75) is 39.3 Å². The molecule has 1 aliphatic heterocycles. The fourth-order valence-corrected chi connectivity index (χ4v) is 2.38. The SMILES string of the molecule is CC(C)(C)N(CCc1ccc2c(c1)B(O)OC2)C(=O)O. The molecule has 1 amide bonds. The van der Waals surface area contributed by atoms with Crippen molar-refractivity contribution in [3.05, 3.63) is 29.3 Å². The van der Waals surface area contributed by atoms with Crippen molar-refractivity contribution in [3.8, 4) is 0 Å². The van der Waals surface area contributed by atoms with Crippen LogP contribution in [0.25, 0.3) is 0 Å². The summed E-state index contributed by atoms with van der Waals surface area (Å²) in [6.07, 6.45) is -0.300. The second-order valence-electron chi connectivity index (χ2n) is 6.05. The van der Waals surface area contributed by atoms with Crippen molar-refractivity contribution in [1.29, 1.82) is 0 Å². The minimum Gasteiger partial charge on any atom is -0.465 e. The highest BCUT2D eigenvalue weighted by atomic mass is 16.5. The molecule has 0 radical (unpaired) electrons. The highest BCUT2D eigenvalue weighted by Gasteiger charge is 2.28. The Labute approximate surface area is 119 Å². The fraction of sp³-hybridized carbons (Fsp3) is 0.500. The topological polar surface area (TPSA) is 70.0 Å². The van der Waals surface area contributed by atoms with Gasteiger partial charge in [0.25, 0.3) is 0 Å². The van der Waals surface area contributed by atoms with Crippen molar-refractivity contribution in [2.75, 3.05) is 6.54 Å². The number of hydrogen-bond acceptors (Lipinski definition) is 3. The predicted octanol–water partition coefficient (Wildman–Crippen LogP) is 1.23. The van der Waals surface area contributed by atoms with Gasteiger partial charge in [0.05, 0.1) is 6.61 Å². The van der Waals surface area contributed by atoms with E-state index in [0.29, 0.717) is 19.6 Å². The largest absolute Gasteiger partial charge is 0.491 e. The molecular formula is C14H20BNO4. The van der Waals surface area contributed by atoms with Crippen LogP contribution in [0.2, 0.25) is 0 Å². The normalized spacial score (nSPS) is 14.3. The molecule has 5 nitrogen and oxygen atoms in total. The molecule has 0 saturated heterocycles. The maximum atomic E-state index is 11.3. The average Bonchev–Trinajstić information content (AvgIpc) is 2.69. The van der Waals surface area contributed by atoms with Crippen LogP contribution in [0.3, 0.4) is 0 Å². The lowest BCUT2D eigenvalue weighted by Gasteiger charge is -2.33. The summed E-state index contributed by atoms with van der Waals surface area (Å²) in [5, 5.41) is 18.9. The molecule has 1 aliphatic rings. The number of hydrogen-bond donors (Lipinski definition) is 2. The van der Waals surface area contributed by atoms with E-state index in [0.717, 1.165) is 16.6 Å². The summed E-state index contributed by atoms with van der Waals surface area (Å²) in [5.41, 5.74) is 2.36. The van der Waals surface area contributed by atoms with E-state index in [-0.39, 0.29) is 0 Å². The average molecular weight is 277 g/mol. The number of carboxylic acid groups (broad SMARTS) is 1. The first-order valence-electron chi connectivity index (χ1n) is 6.71. The molecule has 1 aromatic rings. The van der Waals surface area contributed by atoms with Crippen molar-refractivity contribution in [3.63, 3.8) is 0 Å². The van der Waals surface area contributed by atoms with Gasteiger partial charge in [-0.3, -0.25) is 0 Å². The van der Waals surface area contributed by atoms with Crippen molar-refractivity contribution in [2.24, 2.45) is 0 Å². The van der Waals surface area contributed by atoms with Crippen LogP contribution in [0.15, 0.2) is 18.2 Å². The van der Waals surface area contributed by atoms with Crippen LogP contribution < -0.4 is 5.46 Å². The molecule has 0 unspecified atom stereocenters. The Kier molecular flexibility index (Phi) is 4.06. The number of fused-ring (bicyclic) bond motifs is 1. The molecule has 0 saturated carbocycles. The third-order valence-corrected chi connectivity index (χ3v) is 3.54. The van der Waals surface area contributed by atoms with Crippen molar-refractivity contribution in [1.82, 2.24) is 4.90 Å². The molecule has 0 atom stereocenters. The molecule has 0 aromatic heterocycles. The molecule has 0 spiro atoms. The van der Waals surface area contributed by atoms with E-state index < -0.39 is 18.8 Å². The summed E-state index contributed by atoms with van der Waals surface area (Å²) in [5.74, 6) is 0. The van der Waals surface area contributed by atoms with Crippen molar-refractivity contribution < 1.29 is 19.6 Å². The predicted molar refractivity (Wildman–Crippen MR) is 77.0 cm³/mol. The van der Waals surface area contributed by atoms with Gasteiger partial charge in [0, 0.05) is 12.1 Å². The first-order chi connectivity index (χ1) is 9.29. The lowest BCUT2D eigenvalue weighted by atomic mass is 9.78. The van der Waals surface area contributed by atoms with Gasteiger partial charge in [0.2, 0.25) is 0 Å². The highest BCUT2D eigenvalue weighted by Crippen LogP contribution is 2.16. The van der Waals surface area contributed by atoms with Crippen LogP contribution in [-0.4, -0.2) is 40.3 Å². The second kappa shape index (κ2) is 5.46. The Balaban J connectivity index is 2.07. The molecule has 0 aliphatic carbocycles. The molecule has 0 fully saturated rings. The highest BCUT2D eigenvalue weighted by molar-refractivity contribution is 6.61. The molecule has 108 valence electrons. The lowest BCUT2D eigenvalue weighted by Crippen LogP contribution is -2.46. The zero-order chi connectivity index (χ0) is 14.9. The van der Waals surface area contributed by atoms with Gasteiger partial charge in [-0.15, -0.1) is 0 Å². The van der Waals surface area contributed by atoms with Crippen molar-refractivity contribution >= 4 is 18.7 Å². The Bertz CT molecular complexity index is 512. The Morgan fingerprint density at radius 2 is 2.15 bits per heavy atom. The maximum absolute atomic E-state index is 11.3.